The number of benzene rings is 4. The second-order valence-corrected chi connectivity index (χ2v) is 8.99. The van der Waals surface area contributed by atoms with Crippen LogP contribution in [0.5, 0.6) is 5.75 Å². The van der Waals surface area contributed by atoms with Crippen molar-refractivity contribution in [3.8, 4) is 5.75 Å². The van der Waals surface area contributed by atoms with Crippen LogP contribution in [0.2, 0.25) is 5.02 Å². The zero-order valence-electron chi connectivity index (χ0n) is 18.2. The summed E-state index contributed by atoms with van der Waals surface area (Å²) in [5.74, 6) is 0.155. The minimum Gasteiger partial charge on any atom is -0.507 e. The van der Waals surface area contributed by atoms with Crippen LogP contribution in [-0.4, -0.2) is 10.8 Å². The Hall–Kier alpha value is -3.32. The monoisotopic (exact) mass is 534 g/mol. The van der Waals surface area contributed by atoms with Gasteiger partial charge in [-0.3, -0.25) is 5.43 Å². The molecule has 0 amide bonds. The predicted octanol–water partition coefficient (Wildman–Crippen LogP) is 7.37. The average Bonchev–Trinajstić information content (AvgIpc) is 2.87. The molecule has 4 N–H and O–H groups in total. The largest absolute Gasteiger partial charge is 0.507 e. The minimum absolute atomic E-state index is 0.155. The summed E-state index contributed by atoms with van der Waals surface area (Å²) in [5, 5.41) is 16.0. The number of para-hydroxylation sites is 2. The van der Waals surface area contributed by atoms with Gasteiger partial charge in [0.2, 0.25) is 0 Å². The van der Waals surface area contributed by atoms with Gasteiger partial charge < -0.3 is 10.5 Å². The highest BCUT2D eigenvalue weighted by atomic mass is 79.9. The number of hydrazone groups is 1. The Morgan fingerprint density at radius 1 is 0.853 bits per heavy atom. The Labute approximate surface area is 212 Å². The number of phenolic OH excluding ortho intramolecular Hbond substituents is 1. The Kier molecular flexibility index (Phi) is 8.20. The summed E-state index contributed by atoms with van der Waals surface area (Å²) in [4.78, 5) is 0. The van der Waals surface area contributed by atoms with Crippen molar-refractivity contribution in [2.45, 2.75) is 12.5 Å². The van der Waals surface area contributed by atoms with Crippen molar-refractivity contribution >= 4 is 44.6 Å². The van der Waals surface area contributed by atoms with Gasteiger partial charge in [0.15, 0.2) is 0 Å². The Bertz CT molecular complexity index is 1230. The molecule has 4 aromatic carbocycles. The van der Waals surface area contributed by atoms with E-state index < -0.39 is 0 Å². The van der Waals surface area contributed by atoms with Gasteiger partial charge >= 0.3 is 0 Å². The second kappa shape index (κ2) is 11.7. The molecule has 1 unspecified atom stereocenters. The van der Waals surface area contributed by atoms with Gasteiger partial charge in [-0.25, -0.2) is 5.43 Å². The van der Waals surface area contributed by atoms with Gasteiger partial charge in [-0.2, -0.15) is 5.10 Å². The third-order valence-corrected chi connectivity index (χ3v) is 5.94. The van der Waals surface area contributed by atoms with Crippen LogP contribution in [0.15, 0.2) is 113 Å². The number of nitrogens with zero attached hydrogens (tertiary/aromatic N) is 1. The molecule has 1 atom stereocenters. The maximum absolute atomic E-state index is 10.6. The van der Waals surface area contributed by atoms with Crippen LogP contribution in [0.1, 0.15) is 23.6 Å². The van der Waals surface area contributed by atoms with E-state index >= 15 is 0 Å². The van der Waals surface area contributed by atoms with Crippen LogP contribution in [0.25, 0.3) is 0 Å². The van der Waals surface area contributed by atoms with Crippen molar-refractivity contribution in [1.82, 2.24) is 5.43 Å². The van der Waals surface area contributed by atoms with Crippen molar-refractivity contribution < 1.29 is 5.11 Å². The Balaban J connectivity index is 1.67. The molecule has 0 saturated heterocycles. The molecule has 0 bridgehead atoms. The van der Waals surface area contributed by atoms with E-state index in [1.54, 1.807) is 12.1 Å². The molecule has 0 aliphatic rings. The molecule has 7 heteroatoms. The topological polar surface area (TPSA) is 68.7 Å². The van der Waals surface area contributed by atoms with E-state index in [1.165, 1.54) is 0 Å². The summed E-state index contributed by atoms with van der Waals surface area (Å²) < 4.78 is 0.853. The Morgan fingerprint density at radius 2 is 1.50 bits per heavy atom. The maximum Gasteiger partial charge on any atom is 0.124 e. The molecular weight excluding hydrogens is 512 g/mol. The molecule has 0 radical (unpaired) electrons. The highest BCUT2D eigenvalue weighted by molar-refractivity contribution is 9.10. The quantitative estimate of drug-likeness (QED) is 0.133. The van der Waals surface area contributed by atoms with Crippen molar-refractivity contribution in [3.05, 3.63) is 124 Å². The van der Waals surface area contributed by atoms with Crippen molar-refractivity contribution in [3.63, 3.8) is 0 Å². The molecule has 0 aliphatic carbocycles. The number of anilines is 2. The molecule has 0 fully saturated rings. The molecular formula is C27H24BrClN4O. The molecule has 5 nitrogen and oxygen atoms in total. The molecule has 4 aromatic rings. The number of phenols is 1. The van der Waals surface area contributed by atoms with Crippen LogP contribution in [-0.2, 0) is 0 Å². The molecule has 0 saturated carbocycles. The lowest BCUT2D eigenvalue weighted by Crippen LogP contribution is -2.29. The number of halogens is 2. The van der Waals surface area contributed by atoms with E-state index in [1.807, 2.05) is 91.0 Å². The van der Waals surface area contributed by atoms with Gasteiger partial charge in [-0.05, 0) is 60.2 Å². The summed E-state index contributed by atoms with van der Waals surface area (Å²) in [6.45, 7) is 0. The van der Waals surface area contributed by atoms with Gasteiger partial charge in [0, 0.05) is 27.2 Å². The number of nitrogens with one attached hydrogen (secondary N) is 3. The van der Waals surface area contributed by atoms with Crippen LogP contribution in [0, 0.1) is 0 Å². The third-order valence-electron chi connectivity index (χ3n) is 5.20. The first-order chi connectivity index (χ1) is 16.6. The number of hydrogen-bond donors (Lipinski definition) is 4. The number of hydrazine groups is 1. The average molecular weight is 536 g/mol. The van der Waals surface area contributed by atoms with E-state index in [4.69, 9.17) is 16.7 Å². The molecule has 0 aliphatic heterocycles. The molecule has 0 heterocycles. The smallest absolute Gasteiger partial charge is 0.124 e. The lowest BCUT2D eigenvalue weighted by molar-refractivity contribution is 0.473. The van der Waals surface area contributed by atoms with E-state index in [2.05, 4.69) is 32.2 Å². The van der Waals surface area contributed by atoms with Gasteiger partial charge in [0.25, 0.3) is 0 Å². The normalized spacial score (nSPS) is 12.2. The van der Waals surface area contributed by atoms with Crippen LogP contribution in [0.4, 0.5) is 11.4 Å². The van der Waals surface area contributed by atoms with E-state index in [-0.39, 0.29) is 11.8 Å². The summed E-state index contributed by atoms with van der Waals surface area (Å²) in [6, 6.07) is 32.4. The SMILES string of the molecule is Oc1ccc(Br)cc1/C(CC(NNc1ccccc1)c1ccc(Cl)cc1)=N\Nc1ccccc1. The van der Waals surface area contributed by atoms with Gasteiger partial charge in [-0.15, -0.1) is 0 Å². The second-order valence-electron chi connectivity index (χ2n) is 7.64. The minimum atomic E-state index is -0.174. The van der Waals surface area contributed by atoms with Gasteiger partial charge in [0.05, 0.1) is 17.4 Å². The predicted molar refractivity (Wildman–Crippen MR) is 144 cm³/mol. The third kappa shape index (κ3) is 6.60. The molecule has 0 spiro atoms. The fraction of sp³-hybridized carbons (Fsp3) is 0.0741. The van der Waals surface area contributed by atoms with Crippen molar-refractivity contribution in [1.29, 1.82) is 0 Å². The lowest BCUT2D eigenvalue weighted by Gasteiger charge is -2.22. The molecule has 4 rings (SSSR count). The van der Waals surface area contributed by atoms with Crippen LogP contribution >= 0.6 is 27.5 Å². The van der Waals surface area contributed by atoms with E-state index in [0.717, 1.165) is 21.4 Å². The van der Waals surface area contributed by atoms with Crippen molar-refractivity contribution in [2.75, 3.05) is 10.9 Å². The number of hydrogen-bond acceptors (Lipinski definition) is 5. The highest BCUT2D eigenvalue weighted by Gasteiger charge is 2.19. The summed E-state index contributed by atoms with van der Waals surface area (Å²) in [7, 11) is 0. The zero-order valence-corrected chi connectivity index (χ0v) is 20.6. The summed E-state index contributed by atoms with van der Waals surface area (Å²) in [5.41, 5.74) is 14.0. The molecule has 0 aromatic heterocycles. The van der Waals surface area contributed by atoms with Crippen LogP contribution in [0.3, 0.4) is 0 Å². The van der Waals surface area contributed by atoms with Crippen LogP contribution < -0.4 is 16.3 Å². The highest BCUT2D eigenvalue weighted by Crippen LogP contribution is 2.28. The number of rotatable bonds is 9. The summed E-state index contributed by atoms with van der Waals surface area (Å²) >= 11 is 9.65. The van der Waals surface area contributed by atoms with Crippen molar-refractivity contribution in [2.24, 2.45) is 5.10 Å². The first-order valence-electron chi connectivity index (χ1n) is 10.8. The maximum atomic E-state index is 10.6. The molecule has 172 valence electrons. The first kappa shape index (κ1) is 23.8. The zero-order chi connectivity index (χ0) is 23.8. The summed E-state index contributed by atoms with van der Waals surface area (Å²) in [6.07, 6.45) is 0.477. The fourth-order valence-electron chi connectivity index (χ4n) is 3.43. The molecule has 34 heavy (non-hydrogen) atoms. The lowest BCUT2D eigenvalue weighted by atomic mass is 9.97. The first-order valence-corrected chi connectivity index (χ1v) is 11.9. The van der Waals surface area contributed by atoms with E-state index in [9.17, 15) is 5.11 Å². The standard InChI is InChI=1S/C27H24BrClN4O/c28-20-13-16-27(34)24(17-20)26(33-31-23-9-5-2-6-10-23)18-25(19-11-14-21(29)15-12-19)32-30-22-7-3-1-4-8-22/h1-17,25,30-32,34H,18H2/b33-26-. The van der Waals surface area contributed by atoms with Gasteiger partial charge in [0.1, 0.15) is 5.75 Å². The van der Waals surface area contributed by atoms with E-state index in [0.29, 0.717) is 22.7 Å². The fourth-order valence-corrected chi connectivity index (χ4v) is 3.92. The number of aromatic hydroxyl groups is 1. The van der Waals surface area contributed by atoms with Gasteiger partial charge in [-0.1, -0.05) is 76.1 Å². The Morgan fingerprint density at radius 3 is 2.18 bits per heavy atom.